The van der Waals surface area contributed by atoms with E-state index in [4.69, 9.17) is 5.73 Å². The van der Waals surface area contributed by atoms with E-state index in [-0.39, 0.29) is 42.0 Å². The number of hydrogen-bond acceptors (Lipinski definition) is 6. The quantitative estimate of drug-likeness (QED) is 0.0830. The van der Waals surface area contributed by atoms with E-state index in [2.05, 4.69) is 17.0 Å². The summed E-state index contributed by atoms with van der Waals surface area (Å²) >= 11 is 0. The van der Waals surface area contributed by atoms with E-state index < -0.39 is 11.9 Å². The van der Waals surface area contributed by atoms with E-state index in [1.165, 1.54) is 90.4 Å². The number of carbonyl (C=O) groups is 3. The van der Waals surface area contributed by atoms with Crippen molar-refractivity contribution >= 4 is 17.8 Å². The van der Waals surface area contributed by atoms with Crippen molar-refractivity contribution in [3.8, 4) is 0 Å². The van der Waals surface area contributed by atoms with Crippen molar-refractivity contribution < 1.29 is 48.7 Å². The fraction of sp³-hybridized carbons (Fsp3) is 0.893. The first kappa shape index (κ1) is 37.7. The number of unbranched alkanes of at least 4 members (excludes halogenated alkanes) is 14. The Bertz CT molecular complexity index is 535. The van der Waals surface area contributed by atoms with Gasteiger partial charge in [0.05, 0.1) is 6.54 Å². The van der Waals surface area contributed by atoms with Crippen molar-refractivity contribution in [2.45, 2.75) is 129 Å². The summed E-state index contributed by atoms with van der Waals surface area (Å²) in [4.78, 5) is 36.6. The van der Waals surface area contributed by atoms with Crippen molar-refractivity contribution in [2.24, 2.45) is 5.73 Å². The number of esters is 2. The summed E-state index contributed by atoms with van der Waals surface area (Å²) in [5.74, 6) is -0.986. The molecule has 0 aliphatic rings. The second-order valence-electron chi connectivity index (χ2n) is 9.72. The number of nitrogens with zero attached hydrogens (tertiary/aromatic N) is 1. The second kappa shape index (κ2) is 29.1. The maximum Gasteiger partial charge on any atom is 1.00 e. The fourth-order valence-electron chi connectivity index (χ4n) is 4.23. The average Bonchev–Trinajstić information content (AvgIpc) is 2.82. The third kappa shape index (κ3) is 26.6. The molecule has 8 heteroatoms. The molecule has 0 aliphatic heterocycles. The maximum absolute atomic E-state index is 12.6. The van der Waals surface area contributed by atoms with Gasteiger partial charge in [-0.1, -0.05) is 96.8 Å². The molecule has 0 saturated carbocycles. The summed E-state index contributed by atoms with van der Waals surface area (Å²) < 4.78 is 4.47. The normalized spacial score (nSPS) is 10.6. The molecule has 0 aromatic rings. The van der Waals surface area contributed by atoms with Crippen LogP contribution in [0, 0.1) is 0 Å². The van der Waals surface area contributed by atoms with Crippen LogP contribution in [0.5, 0.6) is 0 Å². The van der Waals surface area contributed by atoms with Gasteiger partial charge in [-0.15, -0.1) is 0 Å². The number of nitrogens with two attached hydrogens (primary N) is 1. The molecule has 0 aromatic carbocycles. The van der Waals surface area contributed by atoms with Crippen LogP contribution in [0.3, 0.4) is 0 Å². The van der Waals surface area contributed by atoms with Gasteiger partial charge in [0.25, 0.3) is 0 Å². The third-order valence-corrected chi connectivity index (χ3v) is 6.29. The average molecular weight is 521 g/mol. The molecular formula is C28H55N3NaO4+. The van der Waals surface area contributed by atoms with Gasteiger partial charge in [0.2, 0.25) is 5.91 Å². The topological polar surface area (TPSA) is 102 Å². The van der Waals surface area contributed by atoms with E-state index in [0.717, 1.165) is 25.7 Å². The Morgan fingerprint density at radius 1 is 0.722 bits per heavy atom. The number of nitrogens with one attached hydrogen (secondary N) is 1. The van der Waals surface area contributed by atoms with Gasteiger partial charge in [-0.05, 0) is 32.4 Å². The van der Waals surface area contributed by atoms with Crippen LogP contribution in [0.4, 0.5) is 0 Å². The van der Waals surface area contributed by atoms with Crippen molar-refractivity contribution in [1.29, 1.82) is 0 Å². The van der Waals surface area contributed by atoms with E-state index >= 15 is 0 Å². The third-order valence-electron chi connectivity index (χ3n) is 6.29. The van der Waals surface area contributed by atoms with Gasteiger partial charge >= 0.3 is 41.5 Å². The number of carbonyl (C=O) groups excluding carboxylic acids is 3. The molecular weight excluding hydrogens is 465 g/mol. The summed E-state index contributed by atoms with van der Waals surface area (Å²) in [7, 11) is 0. The number of rotatable bonds is 25. The largest absolute Gasteiger partial charge is 1.00 e. The van der Waals surface area contributed by atoms with Crippen LogP contribution < -0.4 is 40.6 Å². The van der Waals surface area contributed by atoms with Gasteiger partial charge < -0.3 is 20.7 Å². The molecule has 0 atom stereocenters. The summed E-state index contributed by atoms with van der Waals surface area (Å²) in [5, 5.41) is 2.95. The van der Waals surface area contributed by atoms with Gasteiger partial charge in [0.1, 0.15) is 0 Å². The first-order chi connectivity index (χ1) is 17.0. The van der Waals surface area contributed by atoms with E-state index in [1.807, 2.05) is 4.90 Å². The van der Waals surface area contributed by atoms with Gasteiger partial charge in [-0.3, -0.25) is 14.4 Å². The molecule has 0 bridgehead atoms. The van der Waals surface area contributed by atoms with Crippen molar-refractivity contribution in [1.82, 2.24) is 10.2 Å². The number of amides is 1. The zero-order valence-corrected chi connectivity index (χ0v) is 25.9. The molecule has 0 unspecified atom stereocenters. The van der Waals surface area contributed by atoms with Crippen LogP contribution in [0.2, 0.25) is 0 Å². The summed E-state index contributed by atoms with van der Waals surface area (Å²) in [6.45, 7) is 5.95. The van der Waals surface area contributed by atoms with Gasteiger partial charge in [0.15, 0.2) is 0 Å². The van der Waals surface area contributed by atoms with Crippen LogP contribution in [0.15, 0.2) is 0 Å². The second-order valence-corrected chi connectivity index (χ2v) is 9.72. The van der Waals surface area contributed by atoms with Gasteiger partial charge in [-0.2, -0.15) is 0 Å². The van der Waals surface area contributed by atoms with E-state index in [1.54, 1.807) is 0 Å². The molecule has 7 nitrogen and oxygen atoms in total. The summed E-state index contributed by atoms with van der Waals surface area (Å²) in [5.41, 5.74) is 5.63. The van der Waals surface area contributed by atoms with Crippen molar-refractivity contribution in [2.75, 3.05) is 32.7 Å². The first-order valence-corrected chi connectivity index (χ1v) is 14.4. The predicted octanol–water partition coefficient (Wildman–Crippen LogP) is 2.50. The molecule has 0 aromatic heterocycles. The first-order valence-electron chi connectivity index (χ1n) is 14.4. The Morgan fingerprint density at radius 3 is 1.67 bits per heavy atom. The molecule has 36 heavy (non-hydrogen) atoms. The molecule has 1 amide bonds. The van der Waals surface area contributed by atoms with Crippen LogP contribution >= 0.6 is 0 Å². The zero-order valence-electron chi connectivity index (χ0n) is 23.9. The monoisotopic (exact) mass is 520 g/mol. The van der Waals surface area contributed by atoms with Crippen LogP contribution in [0.1, 0.15) is 129 Å². The molecule has 3 N–H and O–H groups in total. The Hall–Kier alpha value is -0.470. The standard InChI is InChI=1S/C28H55N3O4.Na/c1-3-4-5-6-7-8-9-10-11-12-13-14-15-16-17-20-27(33)31(23-18-21-29)24-19-22-30-25-28(34)35-26(2)32;/h30H,3-25,29H2,1-2H3;/q;+1. The van der Waals surface area contributed by atoms with E-state index in [9.17, 15) is 14.4 Å². The fourth-order valence-corrected chi connectivity index (χ4v) is 4.23. The maximum atomic E-state index is 12.6. The van der Waals surface area contributed by atoms with E-state index in [0.29, 0.717) is 32.6 Å². The Balaban J connectivity index is 0. The smallest absolute Gasteiger partial charge is 0.392 e. The van der Waals surface area contributed by atoms with Crippen LogP contribution in [-0.4, -0.2) is 55.5 Å². The van der Waals surface area contributed by atoms with Crippen molar-refractivity contribution in [3.05, 3.63) is 0 Å². The molecule has 0 heterocycles. The minimum Gasteiger partial charge on any atom is -0.392 e. The molecule has 0 aliphatic carbocycles. The number of hydrogen-bond donors (Lipinski definition) is 2. The minimum atomic E-state index is -0.603. The molecule has 0 fully saturated rings. The molecule has 0 rings (SSSR count). The van der Waals surface area contributed by atoms with Crippen molar-refractivity contribution in [3.63, 3.8) is 0 Å². The Morgan fingerprint density at radius 2 is 1.19 bits per heavy atom. The molecule has 0 spiro atoms. The van der Waals surface area contributed by atoms with Gasteiger partial charge in [0, 0.05) is 26.4 Å². The Labute approximate surface area is 243 Å². The van der Waals surface area contributed by atoms with Gasteiger partial charge in [-0.25, -0.2) is 0 Å². The van der Waals surface area contributed by atoms with Crippen LogP contribution in [0.25, 0.3) is 0 Å². The zero-order chi connectivity index (χ0) is 26.0. The minimum absolute atomic E-state index is 0. The predicted molar refractivity (Wildman–Crippen MR) is 144 cm³/mol. The Kier molecular flexibility index (Phi) is 30.4. The molecule has 0 saturated heterocycles. The number of ether oxygens (including phenoxy) is 1. The summed E-state index contributed by atoms with van der Waals surface area (Å²) in [6, 6.07) is 0. The molecule has 206 valence electrons. The summed E-state index contributed by atoms with van der Waals surface area (Å²) in [6.07, 6.45) is 21.9. The SMILES string of the molecule is CCCCCCCCCCCCCCCCCC(=O)N(CCCN)CCCNCC(=O)OC(C)=O.[Na+]. The van der Waals surface area contributed by atoms with Crippen LogP contribution in [-0.2, 0) is 19.1 Å². The molecule has 0 radical (unpaired) electrons.